The Morgan fingerprint density at radius 2 is 1.79 bits per heavy atom. The summed E-state index contributed by atoms with van der Waals surface area (Å²) in [7, 11) is 0. The van der Waals surface area contributed by atoms with Crippen LogP contribution in [0.4, 0.5) is 5.69 Å². The van der Waals surface area contributed by atoms with Gasteiger partial charge in [-0.2, -0.15) is 5.23 Å². The molecule has 6 heteroatoms. The Kier molecular flexibility index (Phi) is 3.96. The van der Waals surface area contributed by atoms with Gasteiger partial charge in [-0.05, 0) is 29.2 Å². The van der Waals surface area contributed by atoms with Crippen LogP contribution in [-0.2, 0) is 5.41 Å². The maximum atomic E-state index is 12.2. The number of nitrogens with one attached hydrogen (secondary N) is 1. The van der Waals surface area contributed by atoms with Gasteiger partial charge in [-0.15, -0.1) is 0 Å². The van der Waals surface area contributed by atoms with Crippen molar-refractivity contribution in [3.05, 3.63) is 63.7 Å². The lowest BCUT2D eigenvalue weighted by Crippen LogP contribution is -2.99. The van der Waals surface area contributed by atoms with Gasteiger partial charge in [0.1, 0.15) is 0 Å². The van der Waals surface area contributed by atoms with Crippen molar-refractivity contribution in [3.63, 3.8) is 0 Å². The van der Waals surface area contributed by atoms with Gasteiger partial charge in [0.2, 0.25) is 5.89 Å². The predicted octanol–water partition coefficient (Wildman–Crippen LogP) is 2.56. The Bertz CT molecular complexity index is 938. The lowest BCUT2D eigenvalue weighted by molar-refractivity contribution is -0.991. The van der Waals surface area contributed by atoms with Crippen LogP contribution in [0.15, 0.2) is 51.7 Å². The highest BCUT2D eigenvalue weighted by Crippen LogP contribution is 2.25. The van der Waals surface area contributed by atoms with Crippen LogP contribution in [0.2, 0.25) is 0 Å². The third-order valence-corrected chi connectivity index (χ3v) is 3.87. The first-order valence-corrected chi connectivity index (χ1v) is 7.55. The number of hydrogen-bond donors (Lipinski definition) is 2. The van der Waals surface area contributed by atoms with E-state index in [2.05, 4.69) is 25.8 Å². The third-order valence-electron chi connectivity index (χ3n) is 3.87. The van der Waals surface area contributed by atoms with Crippen molar-refractivity contribution in [2.24, 2.45) is 0 Å². The number of rotatable bonds is 2. The summed E-state index contributed by atoms with van der Waals surface area (Å²) in [5, 5.41) is 19.1. The summed E-state index contributed by atoms with van der Waals surface area (Å²) >= 11 is 0. The largest absolute Gasteiger partial charge is 0.595 e. The van der Waals surface area contributed by atoms with Crippen LogP contribution in [0, 0.1) is 5.21 Å². The molecule has 3 aromatic rings. The minimum atomic E-state index is -1.10. The molecule has 0 aliphatic heterocycles. The lowest BCUT2D eigenvalue weighted by Gasteiger charge is -2.18. The SMILES string of the molecule is CC(C)(C)c1ccc(-c2nc3ccc([NH+]([O-])O)cc3c(=O)o2)cc1. The highest BCUT2D eigenvalue weighted by molar-refractivity contribution is 5.80. The predicted molar refractivity (Wildman–Crippen MR) is 90.2 cm³/mol. The first-order valence-electron chi connectivity index (χ1n) is 7.55. The summed E-state index contributed by atoms with van der Waals surface area (Å²) in [6, 6.07) is 11.9. The fourth-order valence-electron chi connectivity index (χ4n) is 2.44. The van der Waals surface area contributed by atoms with Gasteiger partial charge < -0.3 is 9.62 Å². The van der Waals surface area contributed by atoms with E-state index >= 15 is 0 Å². The van der Waals surface area contributed by atoms with Crippen LogP contribution in [0.1, 0.15) is 26.3 Å². The Morgan fingerprint density at radius 1 is 1.12 bits per heavy atom. The van der Waals surface area contributed by atoms with Gasteiger partial charge >= 0.3 is 5.63 Å². The quantitative estimate of drug-likeness (QED) is 0.706. The Hall–Kier alpha value is -2.54. The average Bonchev–Trinajstić information content (AvgIpc) is 2.53. The molecule has 24 heavy (non-hydrogen) atoms. The molecule has 1 aromatic heterocycles. The maximum Gasteiger partial charge on any atom is 0.347 e. The number of fused-ring (bicyclic) bond motifs is 1. The molecule has 3 rings (SSSR count). The monoisotopic (exact) mass is 326 g/mol. The van der Waals surface area contributed by atoms with Crippen molar-refractivity contribution in [2.75, 3.05) is 0 Å². The van der Waals surface area contributed by atoms with Gasteiger partial charge in [0, 0.05) is 17.7 Å². The number of nitrogens with zero attached hydrogens (tertiary/aromatic N) is 1. The molecule has 0 bridgehead atoms. The molecule has 0 radical (unpaired) electrons. The fourth-order valence-corrected chi connectivity index (χ4v) is 2.44. The van der Waals surface area contributed by atoms with Gasteiger partial charge in [0.05, 0.1) is 10.9 Å². The van der Waals surface area contributed by atoms with Crippen LogP contribution < -0.4 is 10.9 Å². The zero-order valence-corrected chi connectivity index (χ0v) is 13.7. The number of benzene rings is 2. The van der Waals surface area contributed by atoms with Crippen LogP contribution >= 0.6 is 0 Å². The van der Waals surface area contributed by atoms with Crippen LogP contribution in [-0.4, -0.2) is 10.2 Å². The molecular weight excluding hydrogens is 308 g/mol. The molecule has 0 aliphatic rings. The van der Waals surface area contributed by atoms with E-state index in [0.29, 0.717) is 11.1 Å². The highest BCUT2D eigenvalue weighted by atomic mass is 16.8. The normalized spacial score (nSPS) is 13.2. The molecule has 0 saturated carbocycles. The zero-order chi connectivity index (χ0) is 17.5. The Morgan fingerprint density at radius 3 is 2.38 bits per heavy atom. The van der Waals surface area contributed by atoms with E-state index in [4.69, 9.17) is 9.62 Å². The van der Waals surface area contributed by atoms with Gasteiger partial charge in [-0.3, -0.25) is 0 Å². The van der Waals surface area contributed by atoms with E-state index in [1.807, 2.05) is 24.3 Å². The highest BCUT2D eigenvalue weighted by Gasteiger charge is 2.15. The zero-order valence-electron chi connectivity index (χ0n) is 13.7. The maximum absolute atomic E-state index is 12.2. The second-order valence-corrected chi connectivity index (χ2v) is 6.67. The van der Waals surface area contributed by atoms with E-state index < -0.39 is 10.9 Å². The fraction of sp³-hybridized carbons (Fsp3) is 0.222. The molecule has 0 spiro atoms. The van der Waals surface area contributed by atoms with Gasteiger partial charge in [-0.25, -0.2) is 15.0 Å². The van der Waals surface area contributed by atoms with Crippen molar-refractivity contribution in [3.8, 4) is 11.5 Å². The molecule has 6 nitrogen and oxygen atoms in total. The summed E-state index contributed by atoms with van der Waals surface area (Å²) in [6.07, 6.45) is 0. The average molecular weight is 326 g/mol. The van der Waals surface area contributed by atoms with E-state index in [1.54, 1.807) is 0 Å². The summed E-state index contributed by atoms with van der Waals surface area (Å²) in [6.45, 7) is 6.36. The molecule has 2 aromatic carbocycles. The second kappa shape index (κ2) is 5.83. The summed E-state index contributed by atoms with van der Waals surface area (Å²) in [5.41, 5.74) is 1.73. The van der Waals surface area contributed by atoms with Crippen molar-refractivity contribution >= 4 is 16.6 Å². The molecule has 2 N–H and O–H groups in total. The molecular formula is C18H18N2O4. The first kappa shape index (κ1) is 16.3. The van der Waals surface area contributed by atoms with Gasteiger partial charge in [-0.1, -0.05) is 32.9 Å². The smallest absolute Gasteiger partial charge is 0.347 e. The molecule has 0 fully saturated rings. The Balaban J connectivity index is 2.08. The molecule has 0 saturated heterocycles. The number of quaternary nitrogens is 1. The summed E-state index contributed by atoms with van der Waals surface area (Å²) in [4.78, 5) is 16.5. The molecule has 1 heterocycles. The first-order chi connectivity index (χ1) is 11.3. The minimum absolute atomic E-state index is 0.0267. The van der Waals surface area contributed by atoms with Crippen LogP contribution in [0.5, 0.6) is 0 Å². The molecule has 124 valence electrons. The summed E-state index contributed by atoms with van der Waals surface area (Å²) in [5.74, 6) is 0.219. The lowest BCUT2D eigenvalue weighted by atomic mass is 9.87. The van der Waals surface area contributed by atoms with Crippen LogP contribution in [0.25, 0.3) is 22.4 Å². The molecule has 0 amide bonds. The number of hydrogen-bond acceptors (Lipinski definition) is 5. The third kappa shape index (κ3) is 3.07. The van der Waals surface area contributed by atoms with E-state index in [0.717, 1.165) is 0 Å². The Labute approximate surface area is 138 Å². The van der Waals surface area contributed by atoms with Crippen molar-refractivity contribution < 1.29 is 14.9 Å². The molecule has 0 aliphatic carbocycles. The summed E-state index contributed by atoms with van der Waals surface area (Å²) < 4.78 is 5.28. The van der Waals surface area contributed by atoms with E-state index in [-0.39, 0.29) is 22.4 Å². The van der Waals surface area contributed by atoms with Crippen molar-refractivity contribution in [1.82, 2.24) is 4.98 Å². The van der Waals surface area contributed by atoms with Crippen molar-refractivity contribution in [2.45, 2.75) is 26.2 Å². The van der Waals surface area contributed by atoms with E-state index in [1.165, 1.54) is 23.8 Å². The van der Waals surface area contributed by atoms with E-state index in [9.17, 15) is 10.0 Å². The number of aromatic nitrogens is 1. The molecule has 1 unspecified atom stereocenters. The van der Waals surface area contributed by atoms with Gasteiger partial charge in [0.25, 0.3) is 0 Å². The minimum Gasteiger partial charge on any atom is -0.595 e. The topological polar surface area (TPSA) is 90.8 Å². The molecule has 1 atom stereocenters. The van der Waals surface area contributed by atoms with Gasteiger partial charge in [0.15, 0.2) is 5.69 Å². The standard InChI is InChI=1S/C18H18N2O4/c1-18(2,3)12-6-4-11(5-7-12)16-19-15-9-8-13(20(22)23)10-14(15)17(21)24-16/h4-10,20,22H,1-3H3. The van der Waals surface area contributed by atoms with Crippen molar-refractivity contribution in [1.29, 1.82) is 0 Å². The second-order valence-electron chi connectivity index (χ2n) is 6.67. The van der Waals surface area contributed by atoms with Crippen LogP contribution in [0.3, 0.4) is 0 Å².